The largest absolute Gasteiger partial charge is 0.338 e. The highest BCUT2D eigenvalue weighted by Gasteiger charge is 2.11. The summed E-state index contributed by atoms with van der Waals surface area (Å²) in [5.41, 5.74) is 2.01. The summed E-state index contributed by atoms with van der Waals surface area (Å²) in [7, 11) is 0. The van der Waals surface area contributed by atoms with Gasteiger partial charge in [0.15, 0.2) is 0 Å². The third kappa shape index (κ3) is 2.79. The van der Waals surface area contributed by atoms with E-state index in [2.05, 4.69) is 33.5 Å². The first kappa shape index (κ1) is 14.2. The summed E-state index contributed by atoms with van der Waals surface area (Å²) in [5.74, 6) is 0.765. The van der Waals surface area contributed by atoms with Crippen molar-refractivity contribution < 1.29 is 0 Å². The number of anilines is 2. The van der Waals surface area contributed by atoms with Gasteiger partial charge in [-0.15, -0.1) is 11.3 Å². The van der Waals surface area contributed by atoms with Gasteiger partial charge in [-0.3, -0.25) is 0 Å². The lowest BCUT2D eigenvalue weighted by molar-refractivity contribution is 1.23. The molecular formula is C18H12ClN3S. The van der Waals surface area contributed by atoms with Gasteiger partial charge >= 0.3 is 0 Å². The van der Waals surface area contributed by atoms with Crippen molar-refractivity contribution in [3.63, 3.8) is 0 Å². The minimum atomic E-state index is 0.665. The van der Waals surface area contributed by atoms with Gasteiger partial charge in [-0.25, -0.2) is 9.97 Å². The van der Waals surface area contributed by atoms with Crippen LogP contribution in [0.15, 0.2) is 67.0 Å². The highest BCUT2D eigenvalue weighted by molar-refractivity contribution is 7.21. The Morgan fingerprint density at radius 2 is 1.70 bits per heavy atom. The molecule has 3 nitrogen and oxygen atoms in total. The zero-order valence-electron chi connectivity index (χ0n) is 12.0. The molecule has 1 N–H and O–H groups in total. The molecule has 0 aliphatic carbocycles. The SMILES string of the molecule is Clc1ccccc1Nc1ncnc2sc(-c3ccccc3)cc12. The highest BCUT2D eigenvalue weighted by Crippen LogP contribution is 2.36. The van der Waals surface area contributed by atoms with Crippen molar-refractivity contribution in [2.24, 2.45) is 0 Å². The second-order valence-corrected chi connectivity index (χ2v) is 6.46. The Bertz CT molecular complexity index is 966. The number of aromatic nitrogens is 2. The number of hydrogen-bond donors (Lipinski definition) is 1. The number of fused-ring (bicyclic) bond motifs is 1. The van der Waals surface area contributed by atoms with Gasteiger partial charge in [0, 0.05) is 4.88 Å². The van der Waals surface area contributed by atoms with E-state index in [9.17, 15) is 0 Å². The molecule has 23 heavy (non-hydrogen) atoms. The van der Waals surface area contributed by atoms with Crippen LogP contribution in [0.3, 0.4) is 0 Å². The van der Waals surface area contributed by atoms with E-state index in [0.717, 1.165) is 21.7 Å². The quantitative estimate of drug-likeness (QED) is 0.516. The molecule has 5 heteroatoms. The van der Waals surface area contributed by atoms with Crippen molar-refractivity contribution >= 4 is 44.7 Å². The zero-order chi connectivity index (χ0) is 15.6. The average molecular weight is 338 g/mol. The first-order valence-corrected chi connectivity index (χ1v) is 8.32. The molecule has 2 aromatic carbocycles. The predicted molar refractivity (Wildman–Crippen MR) is 97.6 cm³/mol. The van der Waals surface area contributed by atoms with Crippen molar-refractivity contribution in [1.29, 1.82) is 0 Å². The maximum absolute atomic E-state index is 6.22. The molecule has 0 saturated carbocycles. The van der Waals surface area contributed by atoms with E-state index in [1.54, 1.807) is 17.7 Å². The summed E-state index contributed by atoms with van der Waals surface area (Å²) in [4.78, 5) is 10.9. The van der Waals surface area contributed by atoms with Crippen LogP contribution in [0.25, 0.3) is 20.7 Å². The Kier molecular flexibility index (Phi) is 3.69. The van der Waals surface area contributed by atoms with E-state index in [1.165, 1.54) is 10.4 Å². The minimum absolute atomic E-state index is 0.665. The van der Waals surface area contributed by atoms with Crippen LogP contribution >= 0.6 is 22.9 Å². The lowest BCUT2D eigenvalue weighted by Gasteiger charge is -2.07. The maximum Gasteiger partial charge on any atom is 0.142 e. The van der Waals surface area contributed by atoms with E-state index in [1.807, 2.05) is 42.5 Å². The molecule has 0 amide bonds. The molecule has 0 saturated heterocycles. The predicted octanol–water partition coefficient (Wildman–Crippen LogP) is 5.76. The van der Waals surface area contributed by atoms with Gasteiger partial charge in [0.1, 0.15) is 17.0 Å². The summed E-state index contributed by atoms with van der Waals surface area (Å²) in [6, 6.07) is 20.0. The molecule has 0 spiro atoms. The standard InChI is InChI=1S/C18H12ClN3S/c19-14-8-4-5-9-15(14)22-17-13-10-16(12-6-2-1-3-7-12)23-18(13)21-11-20-17/h1-11H,(H,20,21,22). The topological polar surface area (TPSA) is 37.8 Å². The summed E-state index contributed by atoms with van der Waals surface area (Å²) in [6.07, 6.45) is 1.58. The lowest BCUT2D eigenvalue weighted by atomic mass is 10.2. The molecule has 2 heterocycles. The third-order valence-corrected chi connectivity index (χ3v) is 4.94. The van der Waals surface area contributed by atoms with Crippen LogP contribution in [0.1, 0.15) is 0 Å². The van der Waals surface area contributed by atoms with Crippen LogP contribution in [0.2, 0.25) is 5.02 Å². The van der Waals surface area contributed by atoms with Crippen molar-refractivity contribution in [2.45, 2.75) is 0 Å². The van der Waals surface area contributed by atoms with Crippen LogP contribution in [0, 0.1) is 0 Å². The molecule has 0 bridgehead atoms. The molecule has 0 aliphatic heterocycles. The van der Waals surface area contributed by atoms with E-state index in [4.69, 9.17) is 11.6 Å². The average Bonchev–Trinajstić information content (AvgIpc) is 3.03. The fraction of sp³-hybridized carbons (Fsp3) is 0. The van der Waals surface area contributed by atoms with Crippen LogP contribution in [-0.2, 0) is 0 Å². The van der Waals surface area contributed by atoms with Crippen molar-refractivity contribution in [3.8, 4) is 10.4 Å². The first-order chi connectivity index (χ1) is 11.3. The molecule has 112 valence electrons. The van der Waals surface area contributed by atoms with E-state index in [0.29, 0.717) is 5.02 Å². The van der Waals surface area contributed by atoms with Crippen LogP contribution in [-0.4, -0.2) is 9.97 Å². The number of benzene rings is 2. The Labute approximate surface area is 142 Å². The Hall–Kier alpha value is -2.43. The third-order valence-electron chi connectivity index (χ3n) is 3.51. The number of rotatable bonds is 3. The number of nitrogens with zero attached hydrogens (tertiary/aromatic N) is 2. The van der Waals surface area contributed by atoms with Crippen LogP contribution in [0.5, 0.6) is 0 Å². The number of para-hydroxylation sites is 1. The van der Waals surface area contributed by atoms with Gasteiger partial charge in [-0.2, -0.15) is 0 Å². The monoisotopic (exact) mass is 337 g/mol. The molecular weight excluding hydrogens is 326 g/mol. The van der Waals surface area contributed by atoms with Crippen LogP contribution < -0.4 is 5.32 Å². The van der Waals surface area contributed by atoms with Gasteiger partial charge in [-0.05, 0) is 23.8 Å². The van der Waals surface area contributed by atoms with Gasteiger partial charge in [0.2, 0.25) is 0 Å². The fourth-order valence-electron chi connectivity index (χ4n) is 2.39. The highest BCUT2D eigenvalue weighted by atomic mass is 35.5. The van der Waals surface area contributed by atoms with Crippen LogP contribution in [0.4, 0.5) is 11.5 Å². The molecule has 4 rings (SSSR count). The second-order valence-electron chi connectivity index (χ2n) is 5.02. The molecule has 0 radical (unpaired) electrons. The van der Waals surface area contributed by atoms with Crippen molar-refractivity contribution in [3.05, 3.63) is 72.0 Å². The smallest absolute Gasteiger partial charge is 0.142 e. The molecule has 0 fully saturated rings. The molecule has 0 aliphatic rings. The summed E-state index contributed by atoms with van der Waals surface area (Å²) >= 11 is 7.88. The Morgan fingerprint density at radius 1 is 0.913 bits per heavy atom. The van der Waals surface area contributed by atoms with Gasteiger partial charge in [-0.1, -0.05) is 54.1 Å². The molecule has 2 aromatic heterocycles. The Morgan fingerprint density at radius 3 is 2.52 bits per heavy atom. The maximum atomic E-state index is 6.22. The number of hydrogen-bond acceptors (Lipinski definition) is 4. The fourth-order valence-corrected chi connectivity index (χ4v) is 3.58. The summed E-state index contributed by atoms with van der Waals surface area (Å²) in [5, 5.41) is 4.96. The minimum Gasteiger partial charge on any atom is -0.338 e. The number of thiophene rings is 1. The summed E-state index contributed by atoms with van der Waals surface area (Å²) < 4.78 is 0. The number of halogens is 1. The summed E-state index contributed by atoms with van der Waals surface area (Å²) in [6.45, 7) is 0. The zero-order valence-corrected chi connectivity index (χ0v) is 13.6. The van der Waals surface area contributed by atoms with Crippen molar-refractivity contribution in [1.82, 2.24) is 9.97 Å². The molecule has 4 aromatic rings. The number of nitrogens with one attached hydrogen (secondary N) is 1. The molecule has 0 unspecified atom stereocenters. The first-order valence-electron chi connectivity index (χ1n) is 7.13. The van der Waals surface area contributed by atoms with Gasteiger partial charge in [0.05, 0.1) is 16.1 Å². The second kappa shape index (κ2) is 5.99. The van der Waals surface area contributed by atoms with Crippen molar-refractivity contribution in [2.75, 3.05) is 5.32 Å². The molecule has 0 atom stereocenters. The Balaban J connectivity index is 1.79. The van der Waals surface area contributed by atoms with E-state index >= 15 is 0 Å². The lowest BCUT2D eigenvalue weighted by Crippen LogP contribution is -1.95. The van der Waals surface area contributed by atoms with E-state index in [-0.39, 0.29) is 0 Å². The van der Waals surface area contributed by atoms with Gasteiger partial charge < -0.3 is 5.32 Å². The van der Waals surface area contributed by atoms with E-state index < -0.39 is 0 Å². The normalized spacial score (nSPS) is 10.8. The van der Waals surface area contributed by atoms with Gasteiger partial charge in [0.25, 0.3) is 0 Å².